The minimum Gasteiger partial charge on any atom is -0.490 e. The van der Waals surface area contributed by atoms with Gasteiger partial charge in [0.05, 0.1) is 6.61 Å². The molecule has 1 saturated carbocycles. The van der Waals surface area contributed by atoms with Gasteiger partial charge in [-0.2, -0.15) is 0 Å². The summed E-state index contributed by atoms with van der Waals surface area (Å²) in [6.45, 7) is 4.95. The number of ether oxygens (including phenoxy) is 1. The lowest BCUT2D eigenvalue weighted by atomic mass is 10.3. The molecule has 2 unspecified atom stereocenters. The van der Waals surface area contributed by atoms with Gasteiger partial charge in [-0.3, -0.25) is 0 Å². The summed E-state index contributed by atoms with van der Waals surface area (Å²) in [6.07, 6.45) is 1.81. The lowest BCUT2D eigenvalue weighted by Crippen LogP contribution is -2.22. The maximum Gasteiger partial charge on any atom is 0.168 e. The number of nitrogens with zero attached hydrogens (tertiary/aromatic N) is 1. The Labute approximate surface area is 95.4 Å². The molecule has 1 saturated heterocycles. The Morgan fingerprint density at radius 3 is 3.06 bits per heavy atom. The molecule has 2 N–H and O–H groups in total. The predicted octanol–water partition coefficient (Wildman–Crippen LogP) is 1.11. The van der Waals surface area contributed by atoms with Crippen LogP contribution in [0.2, 0.25) is 0 Å². The first kappa shape index (κ1) is 9.90. The number of pyridine rings is 1. The van der Waals surface area contributed by atoms with Gasteiger partial charge in [-0.1, -0.05) is 0 Å². The average Bonchev–Trinajstić information content (AvgIpc) is 2.76. The summed E-state index contributed by atoms with van der Waals surface area (Å²) >= 11 is 0. The molecule has 0 bridgehead atoms. The van der Waals surface area contributed by atoms with Crippen molar-refractivity contribution in [2.75, 3.05) is 25.0 Å². The zero-order chi connectivity index (χ0) is 11.0. The molecule has 1 aromatic rings. The summed E-state index contributed by atoms with van der Waals surface area (Å²) in [6, 6.07) is 4.47. The van der Waals surface area contributed by atoms with Crippen LogP contribution >= 0.6 is 0 Å². The number of rotatable bonds is 4. The molecule has 16 heavy (non-hydrogen) atoms. The van der Waals surface area contributed by atoms with Crippen LogP contribution in [-0.4, -0.2) is 30.7 Å². The van der Waals surface area contributed by atoms with Crippen molar-refractivity contribution in [3.63, 3.8) is 0 Å². The third-order valence-corrected chi connectivity index (χ3v) is 3.47. The second-order valence-corrected chi connectivity index (χ2v) is 4.44. The van der Waals surface area contributed by atoms with Crippen LogP contribution in [0.5, 0.6) is 5.75 Å². The van der Waals surface area contributed by atoms with Crippen LogP contribution in [-0.2, 0) is 0 Å². The fourth-order valence-electron chi connectivity index (χ4n) is 2.56. The van der Waals surface area contributed by atoms with Crippen molar-refractivity contribution in [2.24, 2.45) is 11.8 Å². The minimum atomic E-state index is 0.593. The molecule has 1 aliphatic heterocycles. The lowest BCUT2D eigenvalue weighted by Gasteiger charge is -2.12. The monoisotopic (exact) mass is 219 g/mol. The van der Waals surface area contributed by atoms with Crippen molar-refractivity contribution in [1.29, 1.82) is 0 Å². The predicted molar refractivity (Wildman–Crippen MR) is 62.7 cm³/mol. The molecule has 4 heteroatoms. The van der Waals surface area contributed by atoms with Crippen LogP contribution in [0.1, 0.15) is 6.92 Å². The summed E-state index contributed by atoms with van der Waals surface area (Å²) in [5.41, 5.74) is 0. The lowest BCUT2D eigenvalue weighted by molar-refractivity contribution is 0.340. The Bertz CT molecular complexity index is 372. The summed E-state index contributed by atoms with van der Waals surface area (Å²) < 4.78 is 5.55. The Morgan fingerprint density at radius 1 is 1.50 bits per heavy atom. The van der Waals surface area contributed by atoms with Crippen molar-refractivity contribution >= 4 is 5.82 Å². The van der Waals surface area contributed by atoms with E-state index in [1.54, 1.807) is 6.20 Å². The van der Waals surface area contributed by atoms with E-state index in [2.05, 4.69) is 15.6 Å². The van der Waals surface area contributed by atoms with Gasteiger partial charge in [0.1, 0.15) is 0 Å². The van der Waals surface area contributed by atoms with Crippen LogP contribution in [0.25, 0.3) is 0 Å². The van der Waals surface area contributed by atoms with Crippen LogP contribution in [0, 0.1) is 11.8 Å². The smallest absolute Gasteiger partial charge is 0.168 e. The van der Waals surface area contributed by atoms with E-state index in [0.29, 0.717) is 12.6 Å². The molecule has 2 atom stereocenters. The third kappa shape index (κ3) is 1.63. The van der Waals surface area contributed by atoms with E-state index in [9.17, 15) is 0 Å². The van der Waals surface area contributed by atoms with Gasteiger partial charge in [-0.25, -0.2) is 4.98 Å². The standard InChI is InChI=1S/C12H17N3O/c1-2-16-10-4-3-5-14-12(10)15-11-8-6-13-7-9(8)11/h3-5,8-9,11,13H,2,6-7H2,1H3,(H,14,15). The highest BCUT2D eigenvalue weighted by Gasteiger charge is 2.53. The van der Waals surface area contributed by atoms with Gasteiger partial charge < -0.3 is 15.4 Å². The van der Waals surface area contributed by atoms with E-state index in [4.69, 9.17) is 4.74 Å². The molecule has 2 aliphatic rings. The van der Waals surface area contributed by atoms with Crippen LogP contribution in [0.3, 0.4) is 0 Å². The number of hydrogen-bond donors (Lipinski definition) is 2. The molecule has 86 valence electrons. The second-order valence-electron chi connectivity index (χ2n) is 4.44. The van der Waals surface area contributed by atoms with Crippen molar-refractivity contribution in [3.8, 4) is 5.75 Å². The average molecular weight is 219 g/mol. The third-order valence-electron chi connectivity index (χ3n) is 3.47. The Balaban J connectivity index is 1.70. The highest BCUT2D eigenvalue weighted by molar-refractivity contribution is 5.51. The summed E-state index contributed by atoms with van der Waals surface area (Å²) in [7, 11) is 0. The van der Waals surface area contributed by atoms with Gasteiger partial charge in [-0.15, -0.1) is 0 Å². The van der Waals surface area contributed by atoms with Crippen molar-refractivity contribution < 1.29 is 4.74 Å². The second kappa shape index (κ2) is 3.94. The first-order valence-electron chi connectivity index (χ1n) is 5.95. The summed E-state index contributed by atoms with van der Waals surface area (Å²) in [5.74, 6) is 3.33. The summed E-state index contributed by atoms with van der Waals surface area (Å²) in [4.78, 5) is 4.35. The fourth-order valence-corrected chi connectivity index (χ4v) is 2.56. The topological polar surface area (TPSA) is 46.2 Å². The minimum absolute atomic E-state index is 0.593. The van der Waals surface area contributed by atoms with Crippen LogP contribution in [0.15, 0.2) is 18.3 Å². The van der Waals surface area contributed by atoms with Crippen LogP contribution < -0.4 is 15.4 Å². The molecular weight excluding hydrogens is 202 g/mol. The first-order chi connectivity index (χ1) is 7.90. The van der Waals surface area contributed by atoms with Crippen LogP contribution in [0.4, 0.5) is 5.82 Å². The molecule has 3 rings (SSSR count). The maximum atomic E-state index is 5.55. The molecule has 2 heterocycles. The molecule has 1 aliphatic carbocycles. The molecular formula is C12H17N3O. The zero-order valence-electron chi connectivity index (χ0n) is 9.44. The van der Waals surface area contributed by atoms with E-state index in [-0.39, 0.29) is 0 Å². The highest BCUT2D eigenvalue weighted by Crippen LogP contribution is 2.44. The number of fused-ring (bicyclic) bond motifs is 1. The maximum absolute atomic E-state index is 5.55. The largest absolute Gasteiger partial charge is 0.490 e. The first-order valence-corrected chi connectivity index (χ1v) is 5.95. The Hall–Kier alpha value is -1.29. The molecule has 4 nitrogen and oxygen atoms in total. The van der Waals surface area contributed by atoms with Crippen molar-refractivity contribution in [3.05, 3.63) is 18.3 Å². The quantitative estimate of drug-likeness (QED) is 0.796. The van der Waals surface area contributed by atoms with Gasteiger partial charge in [0, 0.05) is 25.3 Å². The number of anilines is 1. The number of piperidine rings is 1. The van der Waals surface area contributed by atoms with Gasteiger partial charge in [-0.05, 0) is 30.9 Å². The van der Waals surface area contributed by atoms with Gasteiger partial charge in [0.15, 0.2) is 11.6 Å². The molecule has 0 spiro atoms. The molecule has 1 aromatic heterocycles. The van der Waals surface area contributed by atoms with E-state index in [0.717, 1.165) is 36.5 Å². The molecule has 0 amide bonds. The van der Waals surface area contributed by atoms with Gasteiger partial charge >= 0.3 is 0 Å². The number of nitrogens with one attached hydrogen (secondary N) is 2. The molecule has 2 fully saturated rings. The van der Waals surface area contributed by atoms with Gasteiger partial charge in [0.25, 0.3) is 0 Å². The Kier molecular flexibility index (Phi) is 2.44. The van der Waals surface area contributed by atoms with E-state index < -0.39 is 0 Å². The Morgan fingerprint density at radius 2 is 2.31 bits per heavy atom. The SMILES string of the molecule is CCOc1cccnc1NC1C2CNCC21. The van der Waals surface area contributed by atoms with E-state index in [1.807, 2.05) is 19.1 Å². The van der Waals surface area contributed by atoms with E-state index >= 15 is 0 Å². The summed E-state index contributed by atoms with van der Waals surface area (Å²) in [5, 5.41) is 6.88. The van der Waals surface area contributed by atoms with Crippen molar-refractivity contribution in [2.45, 2.75) is 13.0 Å². The molecule has 0 radical (unpaired) electrons. The fraction of sp³-hybridized carbons (Fsp3) is 0.583. The molecule has 0 aromatic carbocycles. The highest BCUT2D eigenvalue weighted by atomic mass is 16.5. The van der Waals surface area contributed by atoms with Gasteiger partial charge in [0.2, 0.25) is 0 Å². The number of aromatic nitrogens is 1. The van der Waals surface area contributed by atoms with Crippen molar-refractivity contribution in [1.82, 2.24) is 10.3 Å². The normalized spacial score (nSPS) is 30.9. The zero-order valence-corrected chi connectivity index (χ0v) is 9.44. The van der Waals surface area contributed by atoms with E-state index in [1.165, 1.54) is 0 Å². The number of hydrogen-bond acceptors (Lipinski definition) is 4.